The molecule has 0 saturated carbocycles. The Bertz CT molecular complexity index is 1170. The number of nitrogens with two attached hydrogens (primary N) is 1. The lowest BCUT2D eigenvalue weighted by Gasteiger charge is -2.36. The summed E-state index contributed by atoms with van der Waals surface area (Å²) in [5.41, 5.74) is 6.70. The predicted molar refractivity (Wildman–Crippen MR) is 129 cm³/mol. The Kier molecular flexibility index (Phi) is 7.25. The van der Waals surface area contributed by atoms with Crippen molar-refractivity contribution in [3.05, 3.63) is 64.7 Å². The lowest BCUT2D eigenvalue weighted by Crippen LogP contribution is -2.43. The minimum Gasteiger partial charge on any atom is -0.370 e. The van der Waals surface area contributed by atoms with Crippen molar-refractivity contribution in [2.75, 3.05) is 31.1 Å². The van der Waals surface area contributed by atoms with Crippen LogP contribution in [0.4, 0.5) is 18.9 Å². The Labute approximate surface area is 208 Å². The van der Waals surface area contributed by atoms with E-state index in [2.05, 4.69) is 0 Å². The van der Waals surface area contributed by atoms with Gasteiger partial charge in [0.1, 0.15) is 0 Å². The van der Waals surface area contributed by atoms with Crippen LogP contribution in [-0.4, -0.2) is 42.9 Å². The highest BCUT2D eigenvalue weighted by molar-refractivity contribution is 5.79. The molecule has 2 aromatic rings. The maximum Gasteiger partial charge on any atom is 0.417 e. The highest BCUT2D eigenvalue weighted by Crippen LogP contribution is 2.40. The number of hydrogen-bond acceptors (Lipinski definition) is 4. The number of amides is 2. The average Bonchev–Trinajstić information content (AvgIpc) is 3.30. The number of hydrogen-bond donors (Lipinski definition) is 1. The van der Waals surface area contributed by atoms with Crippen LogP contribution in [-0.2, 0) is 22.2 Å². The van der Waals surface area contributed by atoms with Gasteiger partial charge in [-0.2, -0.15) is 18.4 Å². The highest BCUT2D eigenvalue weighted by atomic mass is 19.4. The van der Waals surface area contributed by atoms with Gasteiger partial charge in [-0.3, -0.25) is 9.59 Å². The third kappa shape index (κ3) is 5.48. The molecule has 2 atom stereocenters. The first-order chi connectivity index (χ1) is 17.1. The van der Waals surface area contributed by atoms with E-state index in [1.807, 2.05) is 36.1 Å². The fraction of sp³-hybridized carbons (Fsp3) is 0.444. The molecule has 2 amide bonds. The molecule has 0 unspecified atom stereocenters. The van der Waals surface area contributed by atoms with E-state index in [9.17, 15) is 22.8 Å². The second-order valence-electron chi connectivity index (χ2n) is 9.80. The van der Waals surface area contributed by atoms with Gasteiger partial charge >= 0.3 is 6.18 Å². The molecule has 4 rings (SSSR count). The standard InChI is InChI=1S/C27H29F3N4O2/c1-17-2-4-18(5-3-17)12-25(35)33-10-8-19(9-11-33)22-15-34(16-23(22)26(32)36)21-7-6-20(14-31)24(13-21)27(28,29)30/h2-7,13,19,22-23H,8-12,15-16H2,1H3,(H2,32,36)/t22-,23+/m0/s1. The SMILES string of the molecule is Cc1ccc(CC(=O)N2CCC([C@@H]3CN(c4ccc(C#N)c(C(F)(F)F)c4)C[C@H]3C(N)=O)CC2)cc1. The van der Waals surface area contributed by atoms with Gasteiger partial charge in [0.25, 0.3) is 0 Å². The number of nitriles is 1. The summed E-state index contributed by atoms with van der Waals surface area (Å²) in [6.45, 7) is 3.78. The van der Waals surface area contributed by atoms with E-state index < -0.39 is 29.1 Å². The van der Waals surface area contributed by atoms with Crippen molar-refractivity contribution in [2.24, 2.45) is 23.5 Å². The van der Waals surface area contributed by atoms with Crippen LogP contribution in [0.5, 0.6) is 0 Å². The van der Waals surface area contributed by atoms with Crippen molar-refractivity contribution >= 4 is 17.5 Å². The van der Waals surface area contributed by atoms with Gasteiger partial charge in [-0.05, 0) is 55.4 Å². The number of alkyl halides is 3. The molecular formula is C27H29F3N4O2. The summed E-state index contributed by atoms with van der Waals surface area (Å²) in [6.07, 6.45) is -2.89. The number of carbonyl (C=O) groups excluding carboxylic acids is 2. The van der Waals surface area contributed by atoms with Gasteiger partial charge < -0.3 is 15.5 Å². The van der Waals surface area contributed by atoms with Gasteiger partial charge in [0.2, 0.25) is 11.8 Å². The van der Waals surface area contributed by atoms with Crippen LogP contribution < -0.4 is 10.6 Å². The topological polar surface area (TPSA) is 90.4 Å². The second-order valence-corrected chi connectivity index (χ2v) is 9.80. The molecule has 2 N–H and O–H groups in total. The lowest BCUT2D eigenvalue weighted by molar-refractivity contribution is -0.137. The molecule has 2 aliphatic rings. The van der Waals surface area contributed by atoms with E-state index in [1.54, 1.807) is 11.0 Å². The summed E-state index contributed by atoms with van der Waals surface area (Å²) in [6, 6.07) is 13.1. The molecule has 2 heterocycles. The van der Waals surface area contributed by atoms with Crippen molar-refractivity contribution < 1.29 is 22.8 Å². The number of carbonyl (C=O) groups is 2. The Morgan fingerprint density at radius 1 is 1.08 bits per heavy atom. The number of nitrogens with zero attached hydrogens (tertiary/aromatic N) is 3. The molecule has 9 heteroatoms. The number of rotatable bonds is 5. The molecule has 6 nitrogen and oxygen atoms in total. The van der Waals surface area contributed by atoms with Crippen LogP contribution in [0, 0.1) is 36.0 Å². The van der Waals surface area contributed by atoms with Crippen LogP contribution in [0.15, 0.2) is 42.5 Å². The van der Waals surface area contributed by atoms with E-state index in [-0.39, 0.29) is 24.3 Å². The molecule has 2 saturated heterocycles. The number of aryl methyl sites for hydroxylation is 1. The highest BCUT2D eigenvalue weighted by Gasteiger charge is 2.43. The normalized spacial score (nSPS) is 20.9. The van der Waals surface area contributed by atoms with Crippen LogP contribution in [0.2, 0.25) is 0 Å². The zero-order valence-electron chi connectivity index (χ0n) is 20.1. The number of halogens is 3. The molecule has 2 aliphatic heterocycles. The Morgan fingerprint density at radius 3 is 2.33 bits per heavy atom. The third-order valence-electron chi connectivity index (χ3n) is 7.50. The zero-order chi connectivity index (χ0) is 26.0. The lowest BCUT2D eigenvalue weighted by atomic mass is 9.78. The molecule has 0 radical (unpaired) electrons. The molecule has 36 heavy (non-hydrogen) atoms. The number of anilines is 1. The summed E-state index contributed by atoms with van der Waals surface area (Å²) in [4.78, 5) is 28.7. The third-order valence-corrected chi connectivity index (χ3v) is 7.50. The smallest absolute Gasteiger partial charge is 0.370 e. The van der Waals surface area contributed by atoms with Crippen molar-refractivity contribution in [1.82, 2.24) is 4.90 Å². The fourth-order valence-electron chi connectivity index (χ4n) is 5.45. The summed E-state index contributed by atoms with van der Waals surface area (Å²) in [5, 5.41) is 9.07. The molecule has 0 aliphatic carbocycles. The van der Waals surface area contributed by atoms with E-state index >= 15 is 0 Å². The predicted octanol–water partition coefficient (Wildman–Crippen LogP) is 3.90. The summed E-state index contributed by atoms with van der Waals surface area (Å²) in [5.74, 6) is -0.868. The van der Waals surface area contributed by atoms with Crippen molar-refractivity contribution in [2.45, 2.75) is 32.4 Å². The van der Waals surface area contributed by atoms with Crippen LogP contribution in [0.3, 0.4) is 0 Å². The maximum atomic E-state index is 13.5. The monoisotopic (exact) mass is 498 g/mol. The number of primary amides is 1. The molecule has 0 spiro atoms. The second kappa shape index (κ2) is 10.2. The maximum absolute atomic E-state index is 13.5. The Morgan fingerprint density at radius 2 is 1.75 bits per heavy atom. The van der Waals surface area contributed by atoms with Crippen LogP contribution in [0.25, 0.3) is 0 Å². The quantitative estimate of drug-likeness (QED) is 0.677. The van der Waals surface area contributed by atoms with Crippen LogP contribution in [0.1, 0.15) is 35.1 Å². The largest absolute Gasteiger partial charge is 0.417 e. The minimum absolute atomic E-state index is 0.0639. The summed E-state index contributed by atoms with van der Waals surface area (Å²) >= 11 is 0. The fourth-order valence-corrected chi connectivity index (χ4v) is 5.45. The van der Waals surface area contributed by atoms with Gasteiger partial charge in [-0.1, -0.05) is 29.8 Å². The first kappa shape index (κ1) is 25.5. The molecular weight excluding hydrogens is 469 g/mol. The summed E-state index contributed by atoms with van der Waals surface area (Å²) in [7, 11) is 0. The van der Waals surface area contributed by atoms with Gasteiger partial charge in [-0.15, -0.1) is 0 Å². The Hall–Kier alpha value is -3.54. The Balaban J connectivity index is 1.43. The van der Waals surface area contributed by atoms with Gasteiger partial charge in [0.15, 0.2) is 0 Å². The first-order valence-electron chi connectivity index (χ1n) is 12.1. The van der Waals surface area contributed by atoms with Gasteiger partial charge in [0, 0.05) is 31.9 Å². The van der Waals surface area contributed by atoms with Crippen molar-refractivity contribution in [3.8, 4) is 6.07 Å². The van der Waals surface area contributed by atoms with E-state index in [4.69, 9.17) is 11.0 Å². The number of piperidine rings is 1. The molecule has 2 fully saturated rings. The van der Waals surface area contributed by atoms with E-state index in [0.29, 0.717) is 44.6 Å². The van der Waals surface area contributed by atoms with Gasteiger partial charge in [0.05, 0.1) is 29.5 Å². The summed E-state index contributed by atoms with van der Waals surface area (Å²) < 4.78 is 40.4. The van der Waals surface area contributed by atoms with Crippen LogP contribution >= 0.6 is 0 Å². The molecule has 2 aromatic carbocycles. The van der Waals surface area contributed by atoms with Gasteiger partial charge in [-0.25, -0.2) is 0 Å². The van der Waals surface area contributed by atoms with Crippen molar-refractivity contribution in [1.29, 1.82) is 5.26 Å². The van der Waals surface area contributed by atoms with E-state index in [1.165, 1.54) is 12.1 Å². The van der Waals surface area contributed by atoms with E-state index in [0.717, 1.165) is 17.2 Å². The molecule has 0 aromatic heterocycles. The first-order valence-corrected chi connectivity index (χ1v) is 12.1. The minimum atomic E-state index is -4.65. The zero-order valence-corrected chi connectivity index (χ0v) is 20.1. The average molecular weight is 499 g/mol. The van der Waals surface area contributed by atoms with Crippen molar-refractivity contribution in [3.63, 3.8) is 0 Å². The molecule has 0 bridgehead atoms. The number of likely N-dealkylation sites (tertiary alicyclic amines) is 1. The molecule has 190 valence electrons. The number of benzene rings is 2.